The Labute approximate surface area is 540 Å². The number of allylic oxidation sites excluding steroid dienone is 11. The number of esters is 1. The Balaban J connectivity index is 4.96. The number of quaternary nitrogens is 1. The van der Waals surface area contributed by atoms with Crippen LogP contribution in [0, 0.1) is 0 Å². The third kappa shape index (κ3) is 67.7. The molecule has 0 radical (unpaired) electrons. The summed E-state index contributed by atoms with van der Waals surface area (Å²) in [4.78, 5) is 40.2. The highest BCUT2D eigenvalue weighted by Crippen LogP contribution is 2.38. The molecule has 0 saturated carbocycles. The molecule has 0 saturated heterocycles. The first-order valence-electron chi connectivity index (χ1n) is 37.2. The van der Waals surface area contributed by atoms with Crippen LogP contribution in [0.15, 0.2) is 72.9 Å². The quantitative estimate of drug-likeness (QED) is 0.0212. The second-order valence-electron chi connectivity index (χ2n) is 26.4. The van der Waals surface area contributed by atoms with Crippen LogP contribution in [-0.4, -0.2) is 69.4 Å². The van der Waals surface area contributed by atoms with Gasteiger partial charge in [0.15, 0.2) is 0 Å². The van der Waals surface area contributed by atoms with Gasteiger partial charge in [0, 0.05) is 12.8 Å². The fourth-order valence-corrected chi connectivity index (χ4v) is 11.7. The molecule has 0 aromatic rings. The number of hydrogen-bond acceptors (Lipinski definition) is 7. The molecule has 10 heteroatoms. The van der Waals surface area contributed by atoms with Gasteiger partial charge < -0.3 is 28.5 Å². The number of nitrogens with one attached hydrogen (secondary N) is 1. The molecule has 0 bridgehead atoms. The van der Waals surface area contributed by atoms with Crippen molar-refractivity contribution >= 4 is 19.7 Å². The highest BCUT2D eigenvalue weighted by Gasteiger charge is 2.27. The van der Waals surface area contributed by atoms with Gasteiger partial charge >= 0.3 is 5.97 Å². The van der Waals surface area contributed by atoms with E-state index < -0.39 is 20.0 Å². The van der Waals surface area contributed by atoms with Gasteiger partial charge in [0.2, 0.25) is 5.91 Å². The van der Waals surface area contributed by atoms with Gasteiger partial charge in [-0.2, -0.15) is 0 Å². The van der Waals surface area contributed by atoms with E-state index in [4.69, 9.17) is 13.8 Å². The third-order valence-electron chi connectivity index (χ3n) is 16.7. The van der Waals surface area contributed by atoms with Gasteiger partial charge in [0.1, 0.15) is 19.3 Å². The van der Waals surface area contributed by atoms with Crippen LogP contribution < -0.4 is 10.2 Å². The van der Waals surface area contributed by atoms with E-state index in [1.807, 2.05) is 33.3 Å². The van der Waals surface area contributed by atoms with Gasteiger partial charge in [-0.3, -0.25) is 14.2 Å². The number of phosphoric ester groups is 1. The summed E-state index contributed by atoms with van der Waals surface area (Å²) in [6.07, 6.45) is 87.5. The summed E-state index contributed by atoms with van der Waals surface area (Å²) in [6, 6.07) is -0.893. The Morgan fingerprint density at radius 2 is 0.736 bits per heavy atom. The van der Waals surface area contributed by atoms with Crippen molar-refractivity contribution in [3.8, 4) is 0 Å². The van der Waals surface area contributed by atoms with E-state index >= 15 is 0 Å². The zero-order valence-corrected chi connectivity index (χ0v) is 59.1. The van der Waals surface area contributed by atoms with E-state index in [9.17, 15) is 19.0 Å². The number of hydrogen-bond donors (Lipinski definition) is 1. The first-order valence-corrected chi connectivity index (χ1v) is 38.7. The molecule has 0 aromatic carbocycles. The summed E-state index contributed by atoms with van der Waals surface area (Å²) in [5.41, 5.74) is 0. The molecule has 0 spiro atoms. The average molecular weight is 1240 g/mol. The highest BCUT2D eigenvalue weighted by molar-refractivity contribution is 7.45. The molecular formula is C77H143N2O7P. The van der Waals surface area contributed by atoms with Crippen molar-refractivity contribution in [2.45, 2.75) is 367 Å². The van der Waals surface area contributed by atoms with Crippen molar-refractivity contribution in [3.63, 3.8) is 0 Å². The Morgan fingerprint density at radius 3 is 1.10 bits per heavy atom. The Kier molecular flexibility index (Phi) is 64.4. The van der Waals surface area contributed by atoms with Crippen molar-refractivity contribution < 1.29 is 37.3 Å². The lowest BCUT2D eigenvalue weighted by molar-refractivity contribution is -0.870. The first kappa shape index (κ1) is 84.5. The van der Waals surface area contributed by atoms with Gasteiger partial charge in [0.05, 0.1) is 33.8 Å². The SMILES string of the molecule is CC/C=C\C/C=C\C/C=C\C/C=C\C/C=C\CCCCCCCCCCCC(=O)NC(COP(=O)([O-])OCC[N+](C)(C)C)C(/C=C/CCCCCCCCCCC)OC(=O)CCCCCCCCCCCCCCCCCCCCCCCCCCC. The van der Waals surface area contributed by atoms with E-state index in [1.165, 1.54) is 218 Å². The molecule has 0 heterocycles. The molecule has 0 aliphatic heterocycles. The van der Waals surface area contributed by atoms with E-state index in [0.717, 1.165) is 103 Å². The van der Waals surface area contributed by atoms with Crippen molar-refractivity contribution in [1.29, 1.82) is 0 Å². The van der Waals surface area contributed by atoms with Crippen LogP contribution in [0.5, 0.6) is 0 Å². The second kappa shape index (κ2) is 66.4. The lowest BCUT2D eigenvalue weighted by Crippen LogP contribution is -2.47. The van der Waals surface area contributed by atoms with Crippen molar-refractivity contribution in [2.75, 3.05) is 40.9 Å². The number of ether oxygens (including phenoxy) is 1. The van der Waals surface area contributed by atoms with Crippen LogP contribution in [0.1, 0.15) is 355 Å². The molecule has 0 aliphatic rings. The Morgan fingerprint density at radius 1 is 0.414 bits per heavy atom. The molecule has 0 aliphatic carbocycles. The molecular weight excluding hydrogens is 1100 g/mol. The maximum atomic E-state index is 13.6. The van der Waals surface area contributed by atoms with E-state index in [2.05, 4.69) is 86.8 Å². The van der Waals surface area contributed by atoms with Gasteiger partial charge in [-0.1, -0.05) is 338 Å². The minimum absolute atomic E-state index is 0.0240. The van der Waals surface area contributed by atoms with Crippen LogP contribution in [0.3, 0.4) is 0 Å². The monoisotopic (exact) mass is 1240 g/mol. The number of phosphoric acid groups is 1. The molecule has 0 fully saturated rings. The topological polar surface area (TPSA) is 114 Å². The van der Waals surface area contributed by atoms with Crippen LogP contribution in [-0.2, 0) is 27.9 Å². The third-order valence-corrected chi connectivity index (χ3v) is 17.6. The number of nitrogens with zero attached hydrogens (tertiary/aromatic N) is 1. The first-order chi connectivity index (χ1) is 42.4. The summed E-state index contributed by atoms with van der Waals surface area (Å²) in [7, 11) is 1.19. The van der Waals surface area contributed by atoms with Crippen LogP contribution in [0.2, 0.25) is 0 Å². The van der Waals surface area contributed by atoms with E-state index in [0.29, 0.717) is 17.4 Å². The zero-order chi connectivity index (χ0) is 63.5. The lowest BCUT2D eigenvalue weighted by atomic mass is 10.0. The molecule has 1 amide bonds. The normalized spacial score (nSPS) is 13.9. The standard InChI is InChI=1S/C77H143N2O7P/c1-7-10-13-16-19-22-25-27-29-31-33-35-37-39-41-43-45-47-49-51-54-57-60-63-66-69-76(80)78-74(73-85-87(82,83)84-72-71-79(4,5)6)75(68-65-62-59-56-53-24-21-18-15-12-9-3)86-77(81)70-67-64-61-58-55-52-50-48-46-44-42-40-38-36-34-32-30-28-26-23-20-17-14-11-8-2/h10,13,19,22,27,29,33,35,39,41,65,68,74-75H,7-9,11-12,14-18,20-21,23-26,28,30-32,34,36-38,40,42-64,66-67,69-73H2,1-6H3,(H-,78,80,82,83)/b13-10-,22-19-,29-27-,35-33-,41-39-,68-65+. The number of carbonyl (C=O) groups excluding carboxylic acids is 2. The predicted octanol–water partition coefficient (Wildman–Crippen LogP) is 23.3. The molecule has 9 nitrogen and oxygen atoms in total. The summed E-state index contributed by atoms with van der Waals surface area (Å²) >= 11 is 0. The predicted molar refractivity (Wildman–Crippen MR) is 376 cm³/mol. The number of carbonyl (C=O) groups is 2. The number of likely N-dealkylation sites (N-methyl/N-ethyl adjacent to an activating group) is 1. The smallest absolute Gasteiger partial charge is 0.306 e. The molecule has 3 atom stereocenters. The van der Waals surface area contributed by atoms with Gasteiger partial charge in [0.25, 0.3) is 7.82 Å². The van der Waals surface area contributed by atoms with Gasteiger partial charge in [-0.15, -0.1) is 0 Å². The molecule has 0 rings (SSSR count). The number of amides is 1. The Bertz CT molecular complexity index is 1720. The van der Waals surface area contributed by atoms with Crippen LogP contribution in [0.25, 0.3) is 0 Å². The highest BCUT2D eigenvalue weighted by atomic mass is 31.2. The van der Waals surface area contributed by atoms with Gasteiger partial charge in [-0.25, -0.2) is 0 Å². The maximum absolute atomic E-state index is 13.6. The summed E-state index contributed by atoms with van der Waals surface area (Å²) in [6.45, 7) is 6.77. The number of unbranched alkanes of at least 4 members (excludes halogenated alkanes) is 42. The van der Waals surface area contributed by atoms with Crippen LogP contribution >= 0.6 is 7.82 Å². The maximum Gasteiger partial charge on any atom is 0.306 e. The van der Waals surface area contributed by atoms with E-state index in [1.54, 1.807) is 0 Å². The number of rotatable bonds is 68. The lowest BCUT2D eigenvalue weighted by Gasteiger charge is -2.30. The Hall–Kier alpha value is -2.55. The van der Waals surface area contributed by atoms with E-state index in [-0.39, 0.29) is 31.5 Å². The fraction of sp³-hybridized carbons (Fsp3) is 0.818. The minimum Gasteiger partial charge on any atom is -0.756 e. The van der Waals surface area contributed by atoms with Crippen molar-refractivity contribution in [3.05, 3.63) is 72.9 Å². The minimum atomic E-state index is -4.71. The fourth-order valence-electron chi connectivity index (χ4n) is 11.0. The van der Waals surface area contributed by atoms with Crippen molar-refractivity contribution in [2.24, 2.45) is 0 Å². The second-order valence-corrected chi connectivity index (χ2v) is 27.8. The van der Waals surface area contributed by atoms with Crippen molar-refractivity contribution in [1.82, 2.24) is 5.32 Å². The zero-order valence-electron chi connectivity index (χ0n) is 58.2. The van der Waals surface area contributed by atoms with Gasteiger partial charge in [-0.05, 0) is 76.7 Å². The largest absolute Gasteiger partial charge is 0.756 e. The summed E-state index contributed by atoms with van der Waals surface area (Å²) in [5.74, 6) is -0.535. The molecule has 3 unspecified atom stereocenters. The van der Waals surface area contributed by atoms with Crippen LogP contribution in [0.4, 0.5) is 0 Å². The summed E-state index contributed by atoms with van der Waals surface area (Å²) in [5, 5.41) is 3.04. The summed E-state index contributed by atoms with van der Waals surface area (Å²) < 4.78 is 30.5. The average Bonchev–Trinajstić information content (AvgIpc) is 3.70. The molecule has 87 heavy (non-hydrogen) atoms. The molecule has 0 aromatic heterocycles. The molecule has 508 valence electrons. The molecule has 1 N–H and O–H groups in total.